The summed E-state index contributed by atoms with van der Waals surface area (Å²) in [6.45, 7) is 6.12. The van der Waals surface area contributed by atoms with Crippen molar-refractivity contribution in [3.8, 4) is 0 Å². The summed E-state index contributed by atoms with van der Waals surface area (Å²) in [5, 5.41) is 0. The van der Waals surface area contributed by atoms with Crippen LogP contribution in [0.1, 0.15) is 25.3 Å². The summed E-state index contributed by atoms with van der Waals surface area (Å²) in [5.41, 5.74) is 1.36. The van der Waals surface area contributed by atoms with Crippen molar-refractivity contribution in [2.45, 2.75) is 19.8 Å². The Morgan fingerprint density at radius 1 is 1.13 bits per heavy atom. The highest BCUT2D eigenvalue weighted by atomic mass is 16.5. The van der Waals surface area contributed by atoms with E-state index in [1.165, 1.54) is 14.2 Å². The zero-order valence-corrected chi connectivity index (χ0v) is 13.8. The number of methoxy groups -OCH3 is 2. The average molecular weight is 314 g/mol. The fraction of sp³-hybridized carbons (Fsp3) is 0.368. The van der Waals surface area contributed by atoms with Gasteiger partial charge in [-0.25, -0.2) is 0 Å². The van der Waals surface area contributed by atoms with Gasteiger partial charge in [0.05, 0.1) is 14.2 Å². The summed E-state index contributed by atoms with van der Waals surface area (Å²) in [5.74, 6) is -1.07. The van der Waals surface area contributed by atoms with Crippen molar-refractivity contribution in [3.05, 3.63) is 54.1 Å². The second-order valence-electron chi connectivity index (χ2n) is 5.96. The third-order valence-corrected chi connectivity index (χ3v) is 4.31. The number of rotatable bonds is 4. The lowest BCUT2D eigenvalue weighted by atomic mass is 9.68. The summed E-state index contributed by atoms with van der Waals surface area (Å²) >= 11 is 0. The number of carbonyl (C=O) groups is 2. The van der Waals surface area contributed by atoms with Crippen LogP contribution in [0.15, 0.2) is 48.6 Å². The molecule has 4 heteroatoms. The van der Waals surface area contributed by atoms with Crippen LogP contribution < -0.4 is 0 Å². The molecular formula is C19H22O4. The van der Waals surface area contributed by atoms with E-state index in [9.17, 15) is 9.59 Å². The molecule has 0 saturated heterocycles. The molecule has 0 aliphatic heterocycles. The van der Waals surface area contributed by atoms with Gasteiger partial charge >= 0.3 is 11.9 Å². The lowest BCUT2D eigenvalue weighted by Crippen LogP contribution is -2.44. The average Bonchev–Trinajstić information content (AvgIpc) is 2.59. The highest BCUT2D eigenvalue weighted by Gasteiger charge is 2.51. The second kappa shape index (κ2) is 6.82. The van der Waals surface area contributed by atoms with Crippen molar-refractivity contribution < 1.29 is 19.1 Å². The molecule has 1 atom stereocenters. The monoisotopic (exact) mass is 314 g/mol. The maximum absolute atomic E-state index is 12.4. The number of carbonyl (C=O) groups excluding carboxylic acids is 2. The Morgan fingerprint density at radius 2 is 1.70 bits per heavy atom. The summed E-state index contributed by atoms with van der Waals surface area (Å²) in [7, 11) is 2.59. The number of ether oxygens (including phenoxy) is 2. The van der Waals surface area contributed by atoms with Gasteiger partial charge in [-0.2, -0.15) is 0 Å². The molecule has 2 rings (SSSR count). The minimum atomic E-state index is -1.30. The van der Waals surface area contributed by atoms with E-state index in [-0.39, 0.29) is 12.3 Å². The lowest BCUT2D eigenvalue weighted by molar-refractivity contribution is -0.170. The van der Waals surface area contributed by atoms with Crippen molar-refractivity contribution in [3.63, 3.8) is 0 Å². The SMILES string of the molecule is C=C(C1=CC(C)CC(C(=O)OC)(C(=O)OC)C1)c1ccccc1. The summed E-state index contributed by atoms with van der Waals surface area (Å²) in [6.07, 6.45) is 2.68. The summed E-state index contributed by atoms with van der Waals surface area (Å²) < 4.78 is 9.80. The van der Waals surface area contributed by atoms with E-state index in [0.29, 0.717) is 6.42 Å². The van der Waals surface area contributed by atoms with Crippen LogP contribution in [-0.4, -0.2) is 26.2 Å². The second-order valence-corrected chi connectivity index (χ2v) is 5.96. The van der Waals surface area contributed by atoms with Crippen LogP contribution in [0, 0.1) is 11.3 Å². The molecule has 1 aliphatic carbocycles. The molecule has 0 amide bonds. The molecule has 122 valence electrons. The zero-order chi connectivity index (χ0) is 17.0. The molecule has 0 fully saturated rings. The van der Waals surface area contributed by atoms with E-state index >= 15 is 0 Å². The van der Waals surface area contributed by atoms with Crippen molar-refractivity contribution >= 4 is 17.5 Å². The van der Waals surface area contributed by atoms with Crippen LogP contribution in [0.25, 0.3) is 5.57 Å². The van der Waals surface area contributed by atoms with Gasteiger partial charge in [-0.1, -0.05) is 49.9 Å². The van der Waals surface area contributed by atoms with E-state index in [1.54, 1.807) is 0 Å². The number of hydrogen-bond donors (Lipinski definition) is 0. The fourth-order valence-electron chi connectivity index (χ4n) is 3.23. The molecule has 23 heavy (non-hydrogen) atoms. The molecule has 1 aliphatic rings. The van der Waals surface area contributed by atoms with Gasteiger partial charge in [0.1, 0.15) is 0 Å². The third-order valence-electron chi connectivity index (χ3n) is 4.31. The first-order valence-corrected chi connectivity index (χ1v) is 7.57. The molecule has 4 nitrogen and oxygen atoms in total. The summed E-state index contributed by atoms with van der Waals surface area (Å²) in [6, 6.07) is 9.71. The Labute approximate surface area is 136 Å². The standard InChI is InChI=1S/C19H22O4/c1-13-10-16(14(2)15-8-6-5-7-9-15)12-19(11-13,17(20)22-3)18(21)23-4/h5-10,13H,2,11-12H2,1,3-4H3. The normalized spacial score (nSPS) is 19.4. The predicted molar refractivity (Wildman–Crippen MR) is 88.4 cm³/mol. The van der Waals surface area contributed by atoms with Gasteiger partial charge in [0.2, 0.25) is 0 Å². The molecule has 0 radical (unpaired) electrons. The Balaban J connectivity index is 2.41. The number of hydrogen-bond acceptors (Lipinski definition) is 4. The maximum atomic E-state index is 12.4. The highest BCUT2D eigenvalue weighted by molar-refractivity contribution is 6.01. The van der Waals surface area contributed by atoms with Crippen LogP contribution in [0.5, 0.6) is 0 Å². The van der Waals surface area contributed by atoms with Crippen LogP contribution >= 0.6 is 0 Å². The van der Waals surface area contributed by atoms with E-state index in [4.69, 9.17) is 9.47 Å². The van der Waals surface area contributed by atoms with Crippen molar-refractivity contribution in [1.82, 2.24) is 0 Å². The van der Waals surface area contributed by atoms with E-state index in [1.807, 2.05) is 37.3 Å². The smallest absolute Gasteiger partial charge is 0.323 e. The van der Waals surface area contributed by atoms with Crippen LogP contribution in [0.2, 0.25) is 0 Å². The molecular weight excluding hydrogens is 292 g/mol. The minimum Gasteiger partial charge on any atom is -0.468 e. The minimum absolute atomic E-state index is 0.0393. The molecule has 0 aromatic heterocycles. The molecule has 0 N–H and O–H groups in total. The molecule has 1 aromatic rings. The first-order chi connectivity index (χ1) is 10.9. The first kappa shape index (κ1) is 17.0. The molecule has 0 saturated carbocycles. The largest absolute Gasteiger partial charge is 0.468 e. The Kier molecular flexibility index (Phi) is 5.04. The quantitative estimate of drug-likeness (QED) is 0.631. The topological polar surface area (TPSA) is 52.6 Å². The molecule has 0 heterocycles. The number of esters is 2. The number of allylic oxidation sites excluding steroid dienone is 3. The van der Waals surface area contributed by atoms with Crippen LogP contribution in [0.3, 0.4) is 0 Å². The molecule has 0 bridgehead atoms. The van der Waals surface area contributed by atoms with Gasteiger partial charge in [-0.15, -0.1) is 0 Å². The summed E-state index contributed by atoms with van der Waals surface area (Å²) in [4.78, 5) is 24.7. The molecule has 0 spiro atoms. The van der Waals surface area contributed by atoms with Crippen LogP contribution in [0.4, 0.5) is 0 Å². The van der Waals surface area contributed by atoms with Gasteiger partial charge in [-0.05, 0) is 35.5 Å². The zero-order valence-electron chi connectivity index (χ0n) is 13.8. The van der Waals surface area contributed by atoms with Crippen molar-refractivity contribution in [1.29, 1.82) is 0 Å². The van der Waals surface area contributed by atoms with E-state index in [2.05, 4.69) is 12.7 Å². The van der Waals surface area contributed by atoms with Gasteiger partial charge in [-0.3, -0.25) is 9.59 Å². The number of benzene rings is 1. The van der Waals surface area contributed by atoms with Crippen LogP contribution in [-0.2, 0) is 19.1 Å². The Morgan fingerprint density at radius 3 is 2.22 bits per heavy atom. The van der Waals surface area contributed by atoms with E-state index in [0.717, 1.165) is 16.7 Å². The van der Waals surface area contributed by atoms with Gasteiger partial charge in [0, 0.05) is 0 Å². The highest BCUT2D eigenvalue weighted by Crippen LogP contribution is 2.44. The first-order valence-electron chi connectivity index (χ1n) is 7.57. The molecule has 1 aromatic carbocycles. The van der Waals surface area contributed by atoms with Gasteiger partial charge in [0.25, 0.3) is 0 Å². The Bertz CT molecular complexity index is 627. The molecule has 1 unspecified atom stereocenters. The van der Waals surface area contributed by atoms with E-state index < -0.39 is 17.4 Å². The van der Waals surface area contributed by atoms with Gasteiger partial charge < -0.3 is 9.47 Å². The van der Waals surface area contributed by atoms with Crippen molar-refractivity contribution in [2.75, 3.05) is 14.2 Å². The Hall–Kier alpha value is -2.36. The third kappa shape index (κ3) is 3.21. The van der Waals surface area contributed by atoms with Crippen molar-refractivity contribution in [2.24, 2.45) is 11.3 Å². The maximum Gasteiger partial charge on any atom is 0.323 e. The lowest BCUT2D eigenvalue weighted by Gasteiger charge is -2.35. The predicted octanol–water partition coefficient (Wildman–Crippen LogP) is 3.39. The van der Waals surface area contributed by atoms with Gasteiger partial charge in [0.15, 0.2) is 5.41 Å². The fourth-order valence-corrected chi connectivity index (χ4v) is 3.23.